The fourth-order valence-electron chi connectivity index (χ4n) is 1.48. The van der Waals surface area contributed by atoms with Gasteiger partial charge in [-0.2, -0.15) is 0 Å². The number of imidazole rings is 1. The topological polar surface area (TPSA) is 58.0 Å². The van der Waals surface area contributed by atoms with Crippen molar-refractivity contribution in [2.75, 3.05) is 0 Å². The zero-order chi connectivity index (χ0) is 9.42. The van der Waals surface area contributed by atoms with Gasteiger partial charge in [0.25, 0.3) is 0 Å². The van der Waals surface area contributed by atoms with Crippen LogP contribution in [-0.2, 0) is 6.54 Å². The van der Waals surface area contributed by atoms with E-state index < -0.39 is 0 Å². The number of phenolic OH excluding ortho intramolecular Hbond substituents is 1. The molecule has 0 unspecified atom stereocenters. The number of benzene rings is 1. The van der Waals surface area contributed by atoms with Gasteiger partial charge in [0.15, 0.2) is 0 Å². The molecule has 0 aliphatic rings. The number of hydrogen-bond donors (Lipinski definition) is 2. The minimum Gasteiger partial charge on any atom is -0.506 e. The predicted molar refractivity (Wildman–Crippen MR) is 49.9 cm³/mol. The molecule has 1 aromatic heterocycles. The van der Waals surface area contributed by atoms with Crippen molar-refractivity contribution < 1.29 is 5.11 Å². The van der Waals surface area contributed by atoms with Gasteiger partial charge in [-0.05, 0) is 19.1 Å². The molecule has 0 spiro atoms. The van der Waals surface area contributed by atoms with Crippen LogP contribution in [0.25, 0.3) is 11.0 Å². The molecule has 0 saturated carbocycles. The Morgan fingerprint density at radius 3 is 3.00 bits per heavy atom. The molecule has 0 aliphatic carbocycles. The molecule has 0 atom stereocenters. The molecule has 2 rings (SSSR count). The number of nitrogens with one attached hydrogen (secondary N) is 1. The summed E-state index contributed by atoms with van der Waals surface area (Å²) in [5, 5.41) is 9.42. The Bertz CT molecular complexity index is 496. The Hall–Kier alpha value is -1.71. The summed E-state index contributed by atoms with van der Waals surface area (Å²) < 4.78 is 1.58. The third-order valence-electron chi connectivity index (χ3n) is 2.10. The molecule has 0 fully saturated rings. The largest absolute Gasteiger partial charge is 0.506 e. The third kappa shape index (κ3) is 1.02. The van der Waals surface area contributed by atoms with Crippen LogP contribution in [0, 0.1) is 0 Å². The molecule has 2 aromatic rings. The summed E-state index contributed by atoms with van der Waals surface area (Å²) in [6.07, 6.45) is 0. The van der Waals surface area contributed by atoms with Crippen LogP contribution in [0.15, 0.2) is 23.0 Å². The van der Waals surface area contributed by atoms with Crippen molar-refractivity contribution in [2.24, 2.45) is 0 Å². The van der Waals surface area contributed by atoms with Gasteiger partial charge >= 0.3 is 5.69 Å². The number of aromatic amines is 1. The maximum Gasteiger partial charge on any atom is 0.326 e. The maximum atomic E-state index is 11.3. The number of phenols is 1. The minimum absolute atomic E-state index is 0.113. The monoisotopic (exact) mass is 178 g/mol. The second-order valence-corrected chi connectivity index (χ2v) is 2.85. The molecular formula is C9H10N2O2. The second-order valence-electron chi connectivity index (χ2n) is 2.85. The van der Waals surface area contributed by atoms with E-state index in [1.165, 1.54) is 0 Å². The predicted octanol–water partition coefficient (Wildman–Crippen LogP) is 1.06. The highest BCUT2D eigenvalue weighted by Crippen LogP contribution is 2.20. The van der Waals surface area contributed by atoms with Crippen LogP contribution >= 0.6 is 0 Å². The lowest BCUT2D eigenvalue weighted by molar-refractivity contribution is 0.480. The Morgan fingerprint density at radius 1 is 1.54 bits per heavy atom. The van der Waals surface area contributed by atoms with Crippen molar-refractivity contribution in [3.63, 3.8) is 0 Å². The van der Waals surface area contributed by atoms with Gasteiger partial charge < -0.3 is 10.1 Å². The van der Waals surface area contributed by atoms with E-state index in [9.17, 15) is 9.90 Å². The smallest absolute Gasteiger partial charge is 0.326 e. The van der Waals surface area contributed by atoms with Gasteiger partial charge in [0.05, 0.1) is 5.52 Å². The number of hydrogen-bond acceptors (Lipinski definition) is 2. The fourth-order valence-corrected chi connectivity index (χ4v) is 1.48. The molecule has 1 aromatic carbocycles. The van der Waals surface area contributed by atoms with E-state index >= 15 is 0 Å². The van der Waals surface area contributed by atoms with Crippen molar-refractivity contribution in [1.82, 2.24) is 9.55 Å². The van der Waals surface area contributed by atoms with E-state index in [1.807, 2.05) is 6.92 Å². The summed E-state index contributed by atoms with van der Waals surface area (Å²) >= 11 is 0. The van der Waals surface area contributed by atoms with Gasteiger partial charge in [-0.1, -0.05) is 6.07 Å². The number of aryl methyl sites for hydroxylation is 1. The van der Waals surface area contributed by atoms with E-state index in [0.29, 0.717) is 12.1 Å². The summed E-state index contributed by atoms with van der Waals surface area (Å²) in [5.41, 5.74) is 1.07. The molecule has 0 amide bonds. The summed E-state index contributed by atoms with van der Waals surface area (Å²) in [6, 6.07) is 5.08. The Morgan fingerprint density at radius 2 is 2.31 bits per heavy atom. The van der Waals surface area contributed by atoms with Crippen molar-refractivity contribution >= 4 is 11.0 Å². The van der Waals surface area contributed by atoms with Crippen molar-refractivity contribution in [3.05, 3.63) is 28.7 Å². The van der Waals surface area contributed by atoms with E-state index in [4.69, 9.17) is 0 Å². The number of rotatable bonds is 1. The molecule has 4 nitrogen and oxygen atoms in total. The minimum atomic E-state index is -0.181. The van der Waals surface area contributed by atoms with Crippen LogP contribution in [0.3, 0.4) is 0 Å². The number of aromatic nitrogens is 2. The van der Waals surface area contributed by atoms with Crippen LogP contribution in [0.1, 0.15) is 6.92 Å². The van der Waals surface area contributed by atoms with E-state index in [0.717, 1.165) is 5.52 Å². The van der Waals surface area contributed by atoms with Crippen LogP contribution < -0.4 is 5.69 Å². The number of H-pyrrole nitrogens is 1. The number of nitrogens with zero attached hydrogens (tertiary/aromatic N) is 1. The normalized spacial score (nSPS) is 10.8. The summed E-state index contributed by atoms with van der Waals surface area (Å²) in [6.45, 7) is 2.49. The first-order valence-electron chi connectivity index (χ1n) is 4.14. The SMILES string of the molecule is CCn1c(=O)[nH]c2c(O)cccc21. The first-order chi connectivity index (χ1) is 6.24. The summed E-state index contributed by atoms with van der Waals surface area (Å²) in [4.78, 5) is 13.9. The zero-order valence-corrected chi connectivity index (χ0v) is 7.24. The van der Waals surface area contributed by atoms with Gasteiger partial charge in [0.1, 0.15) is 11.3 Å². The lowest BCUT2D eigenvalue weighted by Crippen LogP contribution is -2.14. The van der Waals surface area contributed by atoms with Crippen LogP contribution in [0.5, 0.6) is 5.75 Å². The molecule has 0 radical (unpaired) electrons. The van der Waals surface area contributed by atoms with Gasteiger partial charge in [-0.3, -0.25) is 4.57 Å². The molecule has 0 saturated heterocycles. The molecule has 0 aliphatic heterocycles. The summed E-state index contributed by atoms with van der Waals surface area (Å²) in [5.74, 6) is 0.113. The van der Waals surface area contributed by atoms with Crippen molar-refractivity contribution in [1.29, 1.82) is 0 Å². The van der Waals surface area contributed by atoms with Crippen molar-refractivity contribution in [3.8, 4) is 5.75 Å². The standard InChI is InChI=1S/C9H10N2O2/c1-2-11-6-4-3-5-7(12)8(6)10-9(11)13/h3-5,12H,2H2,1H3,(H,10,13). The van der Waals surface area contributed by atoms with E-state index in [2.05, 4.69) is 4.98 Å². The third-order valence-corrected chi connectivity index (χ3v) is 2.10. The zero-order valence-electron chi connectivity index (χ0n) is 7.24. The molecule has 1 heterocycles. The lowest BCUT2D eigenvalue weighted by atomic mass is 10.3. The number of para-hydroxylation sites is 1. The fraction of sp³-hybridized carbons (Fsp3) is 0.222. The molecule has 68 valence electrons. The number of aromatic hydroxyl groups is 1. The first-order valence-corrected chi connectivity index (χ1v) is 4.14. The van der Waals surface area contributed by atoms with Gasteiger partial charge in [-0.25, -0.2) is 4.79 Å². The molecular weight excluding hydrogens is 168 g/mol. The van der Waals surface area contributed by atoms with Crippen molar-refractivity contribution in [2.45, 2.75) is 13.5 Å². The Labute approximate surface area is 74.4 Å². The number of fused-ring (bicyclic) bond motifs is 1. The van der Waals surface area contributed by atoms with Crippen LogP contribution in [0.4, 0.5) is 0 Å². The van der Waals surface area contributed by atoms with Gasteiger partial charge in [0.2, 0.25) is 0 Å². The van der Waals surface area contributed by atoms with Gasteiger partial charge in [0, 0.05) is 6.54 Å². The quantitative estimate of drug-likeness (QED) is 0.685. The van der Waals surface area contributed by atoms with Gasteiger partial charge in [-0.15, -0.1) is 0 Å². The highest BCUT2D eigenvalue weighted by molar-refractivity contribution is 5.81. The Balaban J connectivity index is 2.94. The van der Waals surface area contributed by atoms with E-state index in [1.54, 1.807) is 22.8 Å². The maximum absolute atomic E-state index is 11.3. The highest BCUT2D eigenvalue weighted by atomic mass is 16.3. The molecule has 0 bridgehead atoms. The average Bonchev–Trinajstić information content (AvgIpc) is 2.43. The summed E-state index contributed by atoms with van der Waals surface area (Å²) in [7, 11) is 0. The van der Waals surface area contributed by atoms with Crippen LogP contribution in [0.2, 0.25) is 0 Å². The first kappa shape index (κ1) is 7.91. The molecule has 2 N–H and O–H groups in total. The highest BCUT2D eigenvalue weighted by Gasteiger charge is 2.06. The molecule has 13 heavy (non-hydrogen) atoms. The Kier molecular flexibility index (Phi) is 1.62. The van der Waals surface area contributed by atoms with Crippen LogP contribution in [-0.4, -0.2) is 14.7 Å². The average molecular weight is 178 g/mol. The molecule has 4 heteroatoms. The lowest BCUT2D eigenvalue weighted by Gasteiger charge is -1.97. The second kappa shape index (κ2) is 2.65. The van der Waals surface area contributed by atoms with E-state index in [-0.39, 0.29) is 11.4 Å².